The van der Waals surface area contributed by atoms with E-state index in [0.717, 1.165) is 0 Å². The van der Waals surface area contributed by atoms with Gasteiger partial charge in [0.2, 0.25) is 0 Å². The SMILES string of the molecule is CC(C)(COCC(C)(COCC(C)(COCC(C)(CO)OC(=O)c1ccccc1)OC(=O)c1ccccc1)OC(=O)c1ccccc1)OC(=O)c1ccccc1. The van der Waals surface area contributed by atoms with E-state index in [1.165, 1.54) is 6.92 Å². The summed E-state index contributed by atoms with van der Waals surface area (Å²) in [5.41, 5.74) is -3.97. The van der Waals surface area contributed by atoms with Gasteiger partial charge >= 0.3 is 23.9 Å². The highest BCUT2D eigenvalue weighted by Crippen LogP contribution is 2.23. The normalized spacial score (nSPS) is 14.6. The third kappa shape index (κ3) is 13.7. The van der Waals surface area contributed by atoms with E-state index < -0.39 is 52.9 Å². The number of hydrogen-bond acceptors (Lipinski definition) is 12. The van der Waals surface area contributed by atoms with Crippen molar-refractivity contribution < 1.29 is 57.4 Å². The highest BCUT2D eigenvalue weighted by atomic mass is 16.6. The van der Waals surface area contributed by atoms with Crippen molar-refractivity contribution >= 4 is 23.9 Å². The van der Waals surface area contributed by atoms with Crippen molar-refractivity contribution in [3.05, 3.63) is 144 Å². The highest BCUT2D eigenvalue weighted by molar-refractivity contribution is 5.91. The number of carbonyl (C=O) groups is 4. The van der Waals surface area contributed by atoms with Crippen LogP contribution in [-0.2, 0) is 33.2 Å². The monoisotopic (exact) mass is 770 g/mol. The van der Waals surface area contributed by atoms with Gasteiger partial charge in [-0.05, 0) is 83.1 Å². The lowest BCUT2D eigenvalue weighted by molar-refractivity contribution is -0.149. The average molecular weight is 771 g/mol. The number of hydrogen-bond donors (Lipinski definition) is 1. The topological polar surface area (TPSA) is 153 Å². The molecule has 0 amide bonds. The van der Waals surface area contributed by atoms with Gasteiger partial charge in [-0.1, -0.05) is 72.8 Å². The lowest BCUT2D eigenvalue weighted by Crippen LogP contribution is -2.48. The maximum atomic E-state index is 13.3. The highest BCUT2D eigenvalue weighted by Gasteiger charge is 2.37. The molecule has 0 aromatic heterocycles. The molecule has 0 heterocycles. The molecule has 0 aliphatic heterocycles. The van der Waals surface area contributed by atoms with Crippen LogP contribution in [0.3, 0.4) is 0 Å². The number of ether oxygens (including phenoxy) is 7. The van der Waals surface area contributed by atoms with Gasteiger partial charge in [0, 0.05) is 0 Å². The van der Waals surface area contributed by atoms with Crippen LogP contribution in [0.5, 0.6) is 0 Å². The number of aliphatic hydroxyl groups excluding tert-OH is 1. The van der Waals surface area contributed by atoms with Crippen LogP contribution in [0.4, 0.5) is 0 Å². The molecule has 0 aliphatic rings. The van der Waals surface area contributed by atoms with Crippen molar-refractivity contribution in [2.24, 2.45) is 0 Å². The molecule has 0 fully saturated rings. The van der Waals surface area contributed by atoms with Crippen LogP contribution in [-0.4, -0.2) is 97.6 Å². The summed E-state index contributed by atoms with van der Waals surface area (Å²) in [6, 6.07) is 33.7. The van der Waals surface area contributed by atoms with Gasteiger partial charge in [-0.15, -0.1) is 0 Å². The average Bonchev–Trinajstić information content (AvgIpc) is 3.18. The van der Waals surface area contributed by atoms with Crippen LogP contribution in [0.25, 0.3) is 0 Å². The fraction of sp³-hybridized carbons (Fsp3) is 0.364. The first-order valence-corrected chi connectivity index (χ1v) is 18.1. The Morgan fingerprint density at radius 1 is 0.393 bits per heavy atom. The molecule has 4 aromatic rings. The summed E-state index contributed by atoms with van der Waals surface area (Å²) in [6.45, 7) is 6.50. The summed E-state index contributed by atoms with van der Waals surface area (Å²) in [4.78, 5) is 52.0. The Morgan fingerprint density at radius 2 is 0.643 bits per heavy atom. The number of esters is 4. The van der Waals surface area contributed by atoms with Gasteiger partial charge in [0.1, 0.15) is 5.60 Å². The fourth-order valence-corrected chi connectivity index (χ4v) is 5.27. The maximum absolute atomic E-state index is 13.3. The molecule has 0 radical (unpaired) electrons. The number of rotatable bonds is 21. The summed E-state index contributed by atoms with van der Waals surface area (Å²) >= 11 is 0. The van der Waals surface area contributed by atoms with Gasteiger partial charge in [0.05, 0.1) is 68.5 Å². The molecule has 3 atom stereocenters. The molecule has 0 aliphatic carbocycles. The fourth-order valence-electron chi connectivity index (χ4n) is 5.27. The molecule has 3 unspecified atom stereocenters. The lowest BCUT2D eigenvalue weighted by atomic mass is 10.1. The molecule has 0 saturated heterocycles. The molecular formula is C44H50O12. The zero-order chi connectivity index (χ0) is 40.7. The van der Waals surface area contributed by atoms with Crippen molar-refractivity contribution in [2.75, 3.05) is 46.2 Å². The molecular weight excluding hydrogens is 720 g/mol. The van der Waals surface area contributed by atoms with Gasteiger partial charge in [-0.3, -0.25) is 0 Å². The first-order chi connectivity index (χ1) is 26.6. The Kier molecular flexibility index (Phi) is 15.4. The molecule has 12 nitrogen and oxygen atoms in total. The van der Waals surface area contributed by atoms with E-state index in [1.54, 1.807) is 149 Å². The van der Waals surface area contributed by atoms with E-state index >= 15 is 0 Å². The standard InChI is InChI=1S/C44H50O12/c1-41(2,53-37(46)33-18-10-6-11-19-33)27-50-29-43(4,55-39(48)35-22-14-8-15-23-35)31-52-32-44(5,56-40(49)36-24-16-9-17-25-36)30-51-28-42(3,26-45)54-38(47)34-20-12-7-13-21-34/h6-25,45H,26-32H2,1-5H3. The minimum atomic E-state index is -1.43. The molecule has 12 heteroatoms. The van der Waals surface area contributed by atoms with Crippen molar-refractivity contribution in [3.63, 3.8) is 0 Å². The van der Waals surface area contributed by atoms with Gasteiger partial charge in [-0.25, -0.2) is 19.2 Å². The van der Waals surface area contributed by atoms with Crippen LogP contribution in [0.15, 0.2) is 121 Å². The van der Waals surface area contributed by atoms with Gasteiger partial charge in [0.25, 0.3) is 0 Å². The predicted molar refractivity (Wildman–Crippen MR) is 206 cm³/mol. The van der Waals surface area contributed by atoms with Crippen molar-refractivity contribution in [1.29, 1.82) is 0 Å². The second kappa shape index (κ2) is 20.0. The zero-order valence-corrected chi connectivity index (χ0v) is 32.4. The molecule has 4 rings (SSSR count). The Balaban J connectivity index is 1.46. The van der Waals surface area contributed by atoms with Crippen LogP contribution in [0, 0.1) is 0 Å². The minimum Gasteiger partial charge on any atom is -0.454 e. The lowest BCUT2D eigenvalue weighted by Gasteiger charge is -2.34. The molecule has 298 valence electrons. The third-order valence-corrected chi connectivity index (χ3v) is 8.25. The van der Waals surface area contributed by atoms with Crippen LogP contribution < -0.4 is 0 Å². The van der Waals surface area contributed by atoms with E-state index in [4.69, 9.17) is 33.2 Å². The largest absolute Gasteiger partial charge is 0.454 e. The quantitative estimate of drug-likeness (QED) is 0.0726. The van der Waals surface area contributed by atoms with Crippen LogP contribution in [0.2, 0.25) is 0 Å². The molecule has 0 bridgehead atoms. The minimum absolute atomic E-state index is 0.0389. The summed E-state index contributed by atoms with van der Waals surface area (Å²) in [6.07, 6.45) is 0. The van der Waals surface area contributed by atoms with E-state index in [2.05, 4.69) is 0 Å². The second-order valence-electron chi connectivity index (χ2n) is 14.8. The molecule has 0 saturated carbocycles. The molecule has 4 aromatic carbocycles. The van der Waals surface area contributed by atoms with E-state index in [0.29, 0.717) is 22.3 Å². The van der Waals surface area contributed by atoms with Crippen LogP contribution in [0.1, 0.15) is 76.1 Å². The third-order valence-electron chi connectivity index (χ3n) is 8.25. The zero-order valence-electron chi connectivity index (χ0n) is 32.4. The predicted octanol–water partition coefficient (Wildman–Crippen LogP) is 6.51. The first kappa shape index (κ1) is 43.3. The number of carbonyl (C=O) groups excluding carboxylic acids is 4. The van der Waals surface area contributed by atoms with E-state index in [9.17, 15) is 24.3 Å². The molecule has 56 heavy (non-hydrogen) atoms. The second-order valence-corrected chi connectivity index (χ2v) is 14.8. The Bertz CT molecular complexity index is 1850. The molecule has 1 N–H and O–H groups in total. The van der Waals surface area contributed by atoms with Crippen LogP contribution >= 0.6 is 0 Å². The Morgan fingerprint density at radius 3 is 0.946 bits per heavy atom. The van der Waals surface area contributed by atoms with Crippen molar-refractivity contribution in [1.82, 2.24) is 0 Å². The van der Waals surface area contributed by atoms with Gasteiger partial charge in [-0.2, -0.15) is 0 Å². The summed E-state index contributed by atoms with van der Waals surface area (Å²) in [7, 11) is 0. The summed E-state index contributed by atoms with van der Waals surface area (Å²) < 4.78 is 41.3. The van der Waals surface area contributed by atoms with E-state index in [-0.39, 0.29) is 39.6 Å². The number of benzene rings is 4. The smallest absolute Gasteiger partial charge is 0.338 e. The van der Waals surface area contributed by atoms with E-state index in [1.807, 2.05) is 0 Å². The maximum Gasteiger partial charge on any atom is 0.338 e. The first-order valence-electron chi connectivity index (χ1n) is 18.1. The summed E-state index contributed by atoms with van der Waals surface area (Å²) in [5.74, 6) is -2.42. The molecule has 0 spiro atoms. The Hall–Kier alpha value is -5.40. The van der Waals surface area contributed by atoms with Crippen molar-refractivity contribution in [2.45, 2.75) is 57.0 Å². The van der Waals surface area contributed by atoms with Gasteiger partial charge in [0.15, 0.2) is 16.8 Å². The Labute approximate surface area is 327 Å². The number of aliphatic hydroxyl groups is 1. The van der Waals surface area contributed by atoms with Gasteiger partial charge < -0.3 is 38.3 Å². The van der Waals surface area contributed by atoms with Crippen molar-refractivity contribution in [3.8, 4) is 0 Å². The summed E-state index contributed by atoms with van der Waals surface area (Å²) in [5, 5.41) is 10.2.